The standard InChI is InChI=1S/C25H25F3N2O2/c1-17(21-8-4-6-19-5-2-3-7-22(19)21)29-24(31)23-16-32-14-13-30(23)15-18-9-11-20(12-10-18)25(26,27)28/h2-12,17,23H,13-16H2,1H3,(H,29,31)/t17-,23?/m1/s1. The molecule has 3 aromatic carbocycles. The van der Waals surface area contributed by atoms with Crippen LogP contribution in [0.1, 0.15) is 29.7 Å². The quantitative estimate of drug-likeness (QED) is 0.609. The van der Waals surface area contributed by atoms with E-state index in [2.05, 4.69) is 5.32 Å². The second-order valence-corrected chi connectivity index (χ2v) is 8.05. The molecule has 7 heteroatoms. The molecule has 0 saturated carbocycles. The van der Waals surface area contributed by atoms with Crippen molar-refractivity contribution in [3.8, 4) is 0 Å². The fourth-order valence-electron chi connectivity index (χ4n) is 4.12. The summed E-state index contributed by atoms with van der Waals surface area (Å²) in [5.41, 5.74) is 1.07. The number of hydrogen-bond acceptors (Lipinski definition) is 3. The molecule has 3 aromatic rings. The van der Waals surface area contributed by atoms with Crippen LogP contribution < -0.4 is 5.32 Å². The fourth-order valence-corrected chi connectivity index (χ4v) is 4.12. The summed E-state index contributed by atoms with van der Waals surface area (Å²) in [4.78, 5) is 15.1. The number of fused-ring (bicyclic) bond motifs is 1. The molecule has 0 bridgehead atoms. The lowest BCUT2D eigenvalue weighted by Crippen LogP contribution is -2.53. The molecule has 2 atom stereocenters. The molecule has 1 N–H and O–H groups in total. The van der Waals surface area contributed by atoms with E-state index in [1.165, 1.54) is 12.1 Å². The number of morpholine rings is 1. The van der Waals surface area contributed by atoms with Crippen molar-refractivity contribution in [2.75, 3.05) is 19.8 Å². The second-order valence-electron chi connectivity index (χ2n) is 8.05. The zero-order valence-corrected chi connectivity index (χ0v) is 17.7. The number of halogens is 3. The van der Waals surface area contributed by atoms with Gasteiger partial charge in [-0.25, -0.2) is 0 Å². The molecule has 0 spiro atoms. The Morgan fingerprint density at radius 1 is 1.09 bits per heavy atom. The molecule has 1 aliphatic rings. The van der Waals surface area contributed by atoms with Gasteiger partial charge >= 0.3 is 6.18 Å². The van der Waals surface area contributed by atoms with E-state index in [1.807, 2.05) is 54.3 Å². The van der Waals surface area contributed by atoms with E-state index in [-0.39, 0.29) is 18.6 Å². The molecule has 1 saturated heterocycles. The average Bonchev–Trinajstić information content (AvgIpc) is 2.78. The third-order valence-corrected chi connectivity index (χ3v) is 5.86. The highest BCUT2D eigenvalue weighted by atomic mass is 19.4. The lowest BCUT2D eigenvalue weighted by atomic mass is 9.99. The number of benzene rings is 3. The molecular formula is C25H25F3N2O2. The highest BCUT2D eigenvalue weighted by Gasteiger charge is 2.32. The predicted molar refractivity (Wildman–Crippen MR) is 117 cm³/mol. The van der Waals surface area contributed by atoms with Crippen molar-refractivity contribution < 1.29 is 22.7 Å². The Hall–Kier alpha value is -2.90. The lowest BCUT2D eigenvalue weighted by Gasteiger charge is -2.35. The second kappa shape index (κ2) is 9.30. The number of ether oxygens (including phenoxy) is 1. The van der Waals surface area contributed by atoms with Gasteiger partial charge < -0.3 is 10.1 Å². The molecule has 0 aromatic heterocycles. The van der Waals surface area contributed by atoms with Gasteiger partial charge in [-0.05, 0) is 41.0 Å². The van der Waals surface area contributed by atoms with Crippen molar-refractivity contribution in [3.63, 3.8) is 0 Å². The van der Waals surface area contributed by atoms with Crippen molar-refractivity contribution in [2.45, 2.75) is 31.7 Å². The van der Waals surface area contributed by atoms with Crippen molar-refractivity contribution >= 4 is 16.7 Å². The van der Waals surface area contributed by atoms with Crippen LogP contribution >= 0.6 is 0 Å². The van der Waals surface area contributed by atoms with Crippen LogP contribution in [0.5, 0.6) is 0 Å². The summed E-state index contributed by atoms with van der Waals surface area (Å²) in [6, 6.07) is 18.4. The molecule has 4 rings (SSSR count). The summed E-state index contributed by atoms with van der Waals surface area (Å²) in [5, 5.41) is 5.29. The summed E-state index contributed by atoms with van der Waals surface area (Å²) in [5.74, 6) is -0.156. The van der Waals surface area contributed by atoms with E-state index in [0.29, 0.717) is 19.7 Å². The first-order valence-corrected chi connectivity index (χ1v) is 10.6. The first-order chi connectivity index (χ1) is 15.3. The summed E-state index contributed by atoms with van der Waals surface area (Å²) in [6.07, 6.45) is -4.36. The molecule has 1 heterocycles. The van der Waals surface area contributed by atoms with Gasteiger partial charge in [0.05, 0.1) is 24.8 Å². The van der Waals surface area contributed by atoms with Crippen molar-refractivity contribution in [3.05, 3.63) is 83.4 Å². The number of nitrogens with zero attached hydrogens (tertiary/aromatic N) is 1. The Morgan fingerprint density at radius 3 is 2.56 bits per heavy atom. The topological polar surface area (TPSA) is 41.6 Å². The van der Waals surface area contributed by atoms with Gasteiger partial charge in [0, 0.05) is 13.1 Å². The molecule has 1 fully saturated rings. The van der Waals surface area contributed by atoms with Gasteiger partial charge in [0.15, 0.2) is 0 Å². The van der Waals surface area contributed by atoms with Crippen LogP contribution in [0.4, 0.5) is 13.2 Å². The molecule has 4 nitrogen and oxygen atoms in total. The van der Waals surface area contributed by atoms with E-state index in [9.17, 15) is 18.0 Å². The highest BCUT2D eigenvalue weighted by Crippen LogP contribution is 2.29. The molecule has 1 amide bonds. The summed E-state index contributed by atoms with van der Waals surface area (Å²) in [7, 11) is 0. The van der Waals surface area contributed by atoms with Crippen LogP contribution in [0.3, 0.4) is 0 Å². The van der Waals surface area contributed by atoms with Crippen LogP contribution in [0.25, 0.3) is 10.8 Å². The van der Waals surface area contributed by atoms with Gasteiger partial charge in [-0.15, -0.1) is 0 Å². The van der Waals surface area contributed by atoms with Crippen LogP contribution in [0.15, 0.2) is 66.7 Å². The number of carbonyl (C=O) groups excluding carboxylic acids is 1. The van der Waals surface area contributed by atoms with E-state index in [1.54, 1.807) is 0 Å². The molecule has 0 aliphatic carbocycles. The Labute approximate surface area is 185 Å². The lowest BCUT2D eigenvalue weighted by molar-refractivity contribution is -0.137. The highest BCUT2D eigenvalue weighted by molar-refractivity contribution is 5.87. The number of nitrogens with one attached hydrogen (secondary N) is 1. The minimum Gasteiger partial charge on any atom is -0.378 e. The summed E-state index contributed by atoms with van der Waals surface area (Å²) in [6.45, 7) is 3.57. The maximum absolute atomic E-state index is 13.1. The normalized spacial score (nSPS) is 18.4. The van der Waals surface area contributed by atoms with Gasteiger partial charge in [0.1, 0.15) is 6.04 Å². The monoisotopic (exact) mass is 442 g/mol. The van der Waals surface area contributed by atoms with Crippen molar-refractivity contribution in [2.24, 2.45) is 0 Å². The van der Waals surface area contributed by atoms with Gasteiger partial charge in [0.2, 0.25) is 5.91 Å². The molecule has 1 aliphatic heterocycles. The van der Waals surface area contributed by atoms with E-state index in [0.717, 1.165) is 34.0 Å². The van der Waals surface area contributed by atoms with E-state index < -0.39 is 17.8 Å². The minimum absolute atomic E-state index is 0.156. The van der Waals surface area contributed by atoms with Crippen LogP contribution in [-0.4, -0.2) is 36.6 Å². The van der Waals surface area contributed by atoms with Crippen LogP contribution in [0.2, 0.25) is 0 Å². The maximum atomic E-state index is 13.1. The summed E-state index contributed by atoms with van der Waals surface area (Å²) < 4.78 is 44.0. The maximum Gasteiger partial charge on any atom is 0.416 e. The predicted octanol–water partition coefficient (Wildman–Crippen LogP) is 4.94. The summed E-state index contributed by atoms with van der Waals surface area (Å²) >= 11 is 0. The molecule has 0 radical (unpaired) electrons. The number of hydrogen-bond donors (Lipinski definition) is 1. The Kier molecular flexibility index (Phi) is 6.48. The number of alkyl halides is 3. The zero-order chi connectivity index (χ0) is 22.7. The Morgan fingerprint density at radius 2 is 1.81 bits per heavy atom. The van der Waals surface area contributed by atoms with Crippen molar-refractivity contribution in [1.29, 1.82) is 0 Å². The molecular weight excluding hydrogens is 417 g/mol. The third-order valence-electron chi connectivity index (χ3n) is 5.86. The Bertz CT molecular complexity index is 1080. The molecule has 32 heavy (non-hydrogen) atoms. The van der Waals surface area contributed by atoms with Gasteiger partial charge in [-0.3, -0.25) is 9.69 Å². The number of carbonyl (C=O) groups is 1. The van der Waals surface area contributed by atoms with Gasteiger partial charge in [-0.2, -0.15) is 13.2 Å². The van der Waals surface area contributed by atoms with Crippen LogP contribution in [-0.2, 0) is 22.3 Å². The SMILES string of the molecule is C[C@@H](NC(=O)C1COCCN1Cc1ccc(C(F)(F)F)cc1)c1cccc2ccccc12. The Balaban J connectivity index is 1.46. The van der Waals surface area contributed by atoms with Crippen molar-refractivity contribution in [1.82, 2.24) is 10.2 Å². The molecule has 168 valence electrons. The van der Waals surface area contributed by atoms with Gasteiger partial charge in [-0.1, -0.05) is 54.6 Å². The number of rotatable bonds is 5. The minimum atomic E-state index is -4.36. The third kappa shape index (κ3) is 4.95. The average molecular weight is 442 g/mol. The first kappa shape index (κ1) is 22.3. The molecule has 1 unspecified atom stereocenters. The number of amides is 1. The smallest absolute Gasteiger partial charge is 0.378 e. The van der Waals surface area contributed by atoms with E-state index in [4.69, 9.17) is 4.74 Å². The zero-order valence-electron chi connectivity index (χ0n) is 17.7. The fraction of sp³-hybridized carbons (Fsp3) is 0.320. The van der Waals surface area contributed by atoms with Crippen LogP contribution in [0, 0.1) is 0 Å². The van der Waals surface area contributed by atoms with E-state index >= 15 is 0 Å². The van der Waals surface area contributed by atoms with Gasteiger partial charge in [0.25, 0.3) is 0 Å². The largest absolute Gasteiger partial charge is 0.416 e. The first-order valence-electron chi connectivity index (χ1n) is 10.6.